The fourth-order valence-corrected chi connectivity index (χ4v) is 2.39. The first-order valence-electron chi connectivity index (χ1n) is 6.83. The van der Waals surface area contributed by atoms with Gasteiger partial charge in [0.2, 0.25) is 0 Å². The molecule has 0 aromatic heterocycles. The number of benzene rings is 2. The van der Waals surface area contributed by atoms with Gasteiger partial charge in [0.05, 0.1) is 12.8 Å². The molecule has 114 valence electrons. The maximum atomic E-state index is 12.2. The van der Waals surface area contributed by atoms with Gasteiger partial charge in [0.1, 0.15) is 5.75 Å². The summed E-state index contributed by atoms with van der Waals surface area (Å²) in [5, 5.41) is 5.87. The van der Waals surface area contributed by atoms with E-state index in [2.05, 4.69) is 10.6 Å². The molecule has 0 atom stereocenters. The van der Waals surface area contributed by atoms with Crippen molar-refractivity contribution in [3.8, 4) is 5.75 Å². The minimum absolute atomic E-state index is 0.230. The van der Waals surface area contributed by atoms with Crippen LogP contribution in [0.3, 0.4) is 0 Å². The third kappa shape index (κ3) is 4.05. The number of methoxy groups -OCH3 is 1. The van der Waals surface area contributed by atoms with Crippen LogP contribution < -0.4 is 15.4 Å². The van der Waals surface area contributed by atoms with Gasteiger partial charge in [-0.05, 0) is 50.3 Å². The number of rotatable bonds is 3. The molecule has 0 saturated carbocycles. The predicted molar refractivity (Wildman–Crippen MR) is 92.6 cm³/mol. The summed E-state index contributed by atoms with van der Waals surface area (Å²) in [5.74, 6) is 0.421. The number of hydrogen-bond donors (Lipinski definition) is 2. The van der Waals surface area contributed by atoms with Crippen LogP contribution in [-0.4, -0.2) is 18.1 Å². The van der Waals surface area contributed by atoms with Crippen molar-refractivity contribution in [2.45, 2.75) is 13.8 Å². The lowest BCUT2D eigenvalue weighted by Crippen LogP contribution is -2.34. The average molecular weight is 314 g/mol. The second-order valence-corrected chi connectivity index (χ2v) is 5.39. The van der Waals surface area contributed by atoms with Crippen molar-refractivity contribution in [2.75, 3.05) is 12.4 Å². The van der Waals surface area contributed by atoms with Crippen LogP contribution in [0.15, 0.2) is 42.5 Å². The Balaban J connectivity index is 2.07. The van der Waals surface area contributed by atoms with Crippen molar-refractivity contribution in [3.63, 3.8) is 0 Å². The fraction of sp³-hybridized carbons (Fsp3) is 0.176. The highest BCUT2D eigenvalue weighted by atomic mass is 32.1. The van der Waals surface area contributed by atoms with E-state index in [-0.39, 0.29) is 11.0 Å². The number of ether oxygens (including phenoxy) is 1. The Morgan fingerprint density at radius 2 is 1.73 bits per heavy atom. The molecule has 0 unspecified atom stereocenters. The molecule has 4 nitrogen and oxygen atoms in total. The summed E-state index contributed by atoms with van der Waals surface area (Å²) in [5.41, 5.74) is 3.36. The highest BCUT2D eigenvalue weighted by Crippen LogP contribution is 2.22. The minimum atomic E-state index is -0.237. The van der Waals surface area contributed by atoms with Crippen molar-refractivity contribution in [1.82, 2.24) is 5.32 Å². The monoisotopic (exact) mass is 314 g/mol. The van der Waals surface area contributed by atoms with Gasteiger partial charge in [0.25, 0.3) is 5.91 Å². The van der Waals surface area contributed by atoms with Gasteiger partial charge in [-0.2, -0.15) is 0 Å². The zero-order chi connectivity index (χ0) is 16.1. The Hall–Kier alpha value is -2.40. The van der Waals surface area contributed by atoms with E-state index < -0.39 is 0 Å². The number of aryl methyl sites for hydroxylation is 2. The second-order valence-electron chi connectivity index (χ2n) is 4.98. The third-order valence-electron chi connectivity index (χ3n) is 3.07. The molecule has 0 aliphatic heterocycles. The summed E-state index contributed by atoms with van der Waals surface area (Å²) in [6, 6.07) is 13.0. The Morgan fingerprint density at radius 3 is 2.36 bits per heavy atom. The van der Waals surface area contributed by atoms with Gasteiger partial charge in [0.15, 0.2) is 5.11 Å². The van der Waals surface area contributed by atoms with E-state index in [4.69, 9.17) is 17.0 Å². The van der Waals surface area contributed by atoms with Crippen LogP contribution in [0.5, 0.6) is 5.75 Å². The highest BCUT2D eigenvalue weighted by Gasteiger charge is 2.10. The molecular weight excluding hydrogens is 296 g/mol. The average Bonchev–Trinajstić information content (AvgIpc) is 2.46. The summed E-state index contributed by atoms with van der Waals surface area (Å²) < 4.78 is 5.23. The van der Waals surface area contributed by atoms with E-state index in [0.717, 1.165) is 11.1 Å². The lowest BCUT2D eigenvalue weighted by Gasteiger charge is -2.13. The number of para-hydroxylation sites is 2. The number of hydrogen-bond acceptors (Lipinski definition) is 3. The van der Waals surface area contributed by atoms with Crippen LogP contribution in [0.4, 0.5) is 5.69 Å². The van der Waals surface area contributed by atoms with Crippen molar-refractivity contribution >= 4 is 28.9 Å². The van der Waals surface area contributed by atoms with Gasteiger partial charge < -0.3 is 10.1 Å². The lowest BCUT2D eigenvalue weighted by atomic mass is 10.1. The Kier molecular flexibility index (Phi) is 5.12. The number of nitrogens with one attached hydrogen (secondary N) is 2. The number of anilines is 1. The molecule has 22 heavy (non-hydrogen) atoms. The normalized spacial score (nSPS) is 9.95. The van der Waals surface area contributed by atoms with Gasteiger partial charge in [-0.15, -0.1) is 0 Å². The van der Waals surface area contributed by atoms with E-state index >= 15 is 0 Å². The summed E-state index contributed by atoms with van der Waals surface area (Å²) in [6.45, 7) is 3.91. The lowest BCUT2D eigenvalue weighted by molar-refractivity contribution is 0.0977. The van der Waals surface area contributed by atoms with Crippen LogP contribution in [0.1, 0.15) is 21.5 Å². The molecule has 0 aliphatic carbocycles. The van der Waals surface area contributed by atoms with Gasteiger partial charge in [0, 0.05) is 5.56 Å². The van der Waals surface area contributed by atoms with Crippen LogP contribution in [0.2, 0.25) is 0 Å². The molecule has 0 spiro atoms. The molecule has 2 aromatic rings. The first-order valence-corrected chi connectivity index (χ1v) is 7.24. The summed E-state index contributed by atoms with van der Waals surface area (Å²) in [4.78, 5) is 12.2. The molecule has 2 N–H and O–H groups in total. The maximum absolute atomic E-state index is 12.2. The van der Waals surface area contributed by atoms with E-state index in [0.29, 0.717) is 17.0 Å². The van der Waals surface area contributed by atoms with Crippen molar-refractivity contribution in [1.29, 1.82) is 0 Å². The second kappa shape index (κ2) is 7.04. The molecule has 0 radical (unpaired) electrons. The predicted octanol–water partition coefficient (Wildman–Crippen LogP) is 3.44. The van der Waals surface area contributed by atoms with Gasteiger partial charge in [-0.25, -0.2) is 0 Å². The van der Waals surface area contributed by atoms with Crippen LogP contribution in [0.25, 0.3) is 0 Å². The fourth-order valence-electron chi connectivity index (χ4n) is 2.18. The first-order chi connectivity index (χ1) is 10.5. The van der Waals surface area contributed by atoms with Crippen LogP contribution in [-0.2, 0) is 0 Å². The van der Waals surface area contributed by atoms with Crippen LogP contribution in [0, 0.1) is 13.8 Å². The quantitative estimate of drug-likeness (QED) is 0.852. The summed E-state index contributed by atoms with van der Waals surface area (Å²) in [6.07, 6.45) is 0. The van der Waals surface area contributed by atoms with Crippen molar-refractivity contribution in [2.24, 2.45) is 0 Å². The Labute approximate surface area is 135 Å². The van der Waals surface area contributed by atoms with Gasteiger partial charge in [-0.3, -0.25) is 10.1 Å². The van der Waals surface area contributed by atoms with E-state index in [1.54, 1.807) is 7.11 Å². The number of thiocarbonyl (C=S) groups is 1. The third-order valence-corrected chi connectivity index (χ3v) is 3.27. The van der Waals surface area contributed by atoms with E-state index in [9.17, 15) is 4.79 Å². The molecule has 2 aromatic carbocycles. The van der Waals surface area contributed by atoms with E-state index in [1.165, 1.54) is 0 Å². The smallest absolute Gasteiger partial charge is 0.257 e. The molecule has 0 aliphatic rings. The highest BCUT2D eigenvalue weighted by molar-refractivity contribution is 7.80. The molecule has 0 saturated heterocycles. The van der Waals surface area contributed by atoms with Gasteiger partial charge >= 0.3 is 0 Å². The van der Waals surface area contributed by atoms with E-state index in [1.807, 2.05) is 56.3 Å². The first kappa shape index (κ1) is 16.0. The SMILES string of the molecule is COc1ccccc1NC(=S)NC(=O)c1cc(C)cc(C)c1. The zero-order valence-electron chi connectivity index (χ0n) is 12.8. The summed E-state index contributed by atoms with van der Waals surface area (Å²) in [7, 11) is 1.58. The van der Waals surface area contributed by atoms with Crippen LogP contribution >= 0.6 is 12.2 Å². The topological polar surface area (TPSA) is 50.4 Å². The van der Waals surface area contributed by atoms with Crippen molar-refractivity contribution < 1.29 is 9.53 Å². The van der Waals surface area contributed by atoms with Gasteiger partial charge in [-0.1, -0.05) is 29.3 Å². The number of carbonyl (C=O) groups excluding carboxylic acids is 1. The molecule has 2 rings (SSSR count). The zero-order valence-corrected chi connectivity index (χ0v) is 13.6. The standard InChI is InChI=1S/C17H18N2O2S/c1-11-8-12(2)10-13(9-11)16(20)19-17(22)18-14-6-4-5-7-15(14)21-3/h4-10H,1-3H3,(H2,18,19,20,22). The molecule has 5 heteroatoms. The molecular formula is C17H18N2O2S. The molecule has 0 bridgehead atoms. The molecule has 0 heterocycles. The Morgan fingerprint density at radius 1 is 1.09 bits per heavy atom. The number of carbonyl (C=O) groups is 1. The summed E-state index contributed by atoms with van der Waals surface area (Å²) >= 11 is 5.19. The Bertz CT molecular complexity index is 693. The molecule has 1 amide bonds. The minimum Gasteiger partial charge on any atom is -0.495 e. The van der Waals surface area contributed by atoms with Crippen molar-refractivity contribution in [3.05, 3.63) is 59.2 Å². The molecule has 0 fully saturated rings. The number of amides is 1. The maximum Gasteiger partial charge on any atom is 0.257 e. The largest absolute Gasteiger partial charge is 0.495 e.